The van der Waals surface area contributed by atoms with Crippen LogP contribution < -0.4 is 0 Å². The van der Waals surface area contributed by atoms with Gasteiger partial charge in [0.05, 0.1) is 0 Å². The molecule has 2 nitrogen and oxygen atoms in total. The van der Waals surface area contributed by atoms with Crippen LogP contribution in [0.15, 0.2) is 30.9 Å². The number of hydrogen-bond donors (Lipinski definition) is 2. The van der Waals surface area contributed by atoms with E-state index < -0.39 is 0 Å². The monoisotopic (exact) mass is 418 g/mol. The number of alkyl halides is 1. The van der Waals surface area contributed by atoms with Crippen molar-refractivity contribution in [3.8, 4) is 11.5 Å². The van der Waals surface area contributed by atoms with Gasteiger partial charge in [-0.05, 0) is 72.5 Å². The largest absolute Gasteiger partial charge is 0.508 e. The van der Waals surface area contributed by atoms with Crippen LogP contribution in [0.25, 0.3) is 6.08 Å². The molecule has 1 aromatic carbocycles. The minimum Gasteiger partial charge on any atom is -0.508 e. The van der Waals surface area contributed by atoms with Gasteiger partial charge in [-0.25, -0.2) is 0 Å². The number of allylic oxidation sites excluding steroid dienone is 1. The van der Waals surface area contributed by atoms with Crippen LogP contribution in [0.4, 0.5) is 0 Å². The van der Waals surface area contributed by atoms with Gasteiger partial charge in [-0.1, -0.05) is 61.5 Å². The van der Waals surface area contributed by atoms with E-state index in [9.17, 15) is 10.2 Å². The van der Waals surface area contributed by atoms with Crippen LogP contribution in [0.5, 0.6) is 11.5 Å². The van der Waals surface area contributed by atoms with Gasteiger partial charge in [-0.3, -0.25) is 0 Å². The average molecular weight is 419 g/mol. The minimum absolute atomic E-state index is 0.169. The first-order valence-corrected chi connectivity index (χ1v) is 10.5. The highest BCUT2D eigenvalue weighted by Gasteiger charge is 2.55. The van der Waals surface area contributed by atoms with E-state index in [1.807, 2.05) is 0 Å². The molecule has 4 atom stereocenters. The molecule has 0 bridgehead atoms. The summed E-state index contributed by atoms with van der Waals surface area (Å²) >= 11 is 3.93. The number of halogens is 1. The molecule has 0 amide bonds. The maximum Gasteiger partial charge on any atom is 0.123 e. The van der Waals surface area contributed by atoms with Gasteiger partial charge in [-0.2, -0.15) is 0 Å². The summed E-state index contributed by atoms with van der Waals surface area (Å²) in [6, 6.07) is 3.32. The van der Waals surface area contributed by atoms with E-state index in [2.05, 4.69) is 49.9 Å². The SMILES string of the molecule is C=Cc1cc(O)c(C[C@H]2C(=C)CC[C@H]3C(C)(C)[C@@H](Br)CC[C@]23C)cc1O. The van der Waals surface area contributed by atoms with Gasteiger partial charge in [0.25, 0.3) is 0 Å². The highest BCUT2D eigenvalue weighted by Crippen LogP contribution is 2.62. The molecule has 2 saturated carbocycles. The van der Waals surface area contributed by atoms with Crippen LogP contribution in [0, 0.1) is 22.7 Å². The topological polar surface area (TPSA) is 40.5 Å². The normalized spacial score (nSPS) is 33.5. The fraction of sp³-hybridized carbons (Fsp3) is 0.565. The molecule has 2 aliphatic rings. The number of fused-ring (bicyclic) bond motifs is 1. The van der Waals surface area contributed by atoms with Crippen molar-refractivity contribution in [2.75, 3.05) is 0 Å². The van der Waals surface area contributed by atoms with E-state index in [-0.39, 0.29) is 22.3 Å². The van der Waals surface area contributed by atoms with Gasteiger partial charge in [0, 0.05) is 10.4 Å². The highest BCUT2D eigenvalue weighted by molar-refractivity contribution is 9.09. The van der Waals surface area contributed by atoms with Crippen LogP contribution in [0.3, 0.4) is 0 Å². The molecule has 0 radical (unpaired) electrons. The fourth-order valence-electron chi connectivity index (χ4n) is 5.70. The first-order valence-electron chi connectivity index (χ1n) is 9.60. The standard InChI is InChI=1S/C23H31BrO2/c1-6-15-12-19(26)16(13-18(15)25)11-17-14(2)7-8-20-22(3,4)21(24)9-10-23(17,20)5/h6,12-13,17,20-21,25-26H,1-2,7-11H2,3-5H3/t17-,20-,21-,23+/m0/s1. The Balaban J connectivity index is 1.97. The number of aromatic hydroxyl groups is 2. The highest BCUT2D eigenvalue weighted by atomic mass is 79.9. The first kappa shape index (κ1) is 19.5. The predicted octanol–water partition coefficient (Wildman–Crippen LogP) is 6.46. The van der Waals surface area contributed by atoms with Crippen LogP contribution in [0.1, 0.15) is 57.6 Å². The maximum absolute atomic E-state index is 10.5. The summed E-state index contributed by atoms with van der Waals surface area (Å²) < 4.78 is 0. The molecule has 3 heteroatoms. The Morgan fingerprint density at radius 1 is 1.19 bits per heavy atom. The third-order valence-corrected chi connectivity index (χ3v) is 8.99. The summed E-state index contributed by atoms with van der Waals surface area (Å²) in [5, 5.41) is 20.7. The number of phenols is 2. The van der Waals surface area contributed by atoms with Crippen LogP contribution in [-0.4, -0.2) is 15.0 Å². The zero-order chi connectivity index (χ0) is 19.3. The molecule has 0 unspecified atom stereocenters. The van der Waals surface area contributed by atoms with E-state index >= 15 is 0 Å². The lowest BCUT2D eigenvalue weighted by Gasteiger charge is -2.59. The Kier molecular flexibility index (Phi) is 5.07. The fourth-order valence-corrected chi connectivity index (χ4v) is 6.25. The molecular weight excluding hydrogens is 388 g/mol. The van der Waals surface area contributed by atoms with E-state index in [0.29, 0.717) is 22.2 Å². The molecule has 2 fully saturated rings. The van der Waals surface area contributed by atoms with Gasteiger partial charge in [-0.15, -0.1) is 0 Å². The zero-order valence-corrected chi connectivity index (χ0v) is 17.8. The van der Waals surface area contributed by atoms with Crippen molar-refractivity contribution >= 4 is 22.0 Å². The molecule has 1 aromatic rings. The van der Waals surface area contributed by atoms with Crippen molar-refractivity contribution in [2.45, 2.75) is 57.7 Å². The maximum atomic E-state index is 10.5. The summed E-state index contributed by atoms with van der Waals surface area (Å²) in [6.45, 7) is 15.3. The van der Waals surface area contributed by atoms with Crippen molar-refractivity contribution in [1.82, 2.24) is 0 Å². The third-order valence-electron chi connectivity index (χ3n) is 7.35. The molecule has 0 aromatic heterocycles. The summed E-state index contributed by atoms with van der Waals surface area (Å²) in [4.78, 5) is 0.546. The molecule has 2 aliphatic carbocycles. The summed E-state index contributed by atoms with van der Waals surface area (Å²) in [7, 11) is 0. The molecular formula is C23H31BrO2. The number of phenolic OH excluding ortho intramolecular Hbond substituents is 2. The molecule has 0 aliphatic heterocycles. The Hall–Kier alpha value is -1.22. The number of rotatable bonds is 3. The summed E-state index contributed by atoms with van der Waals surface area (Å²) in [5.41, 5.74) is 3.07. The van der Waals surface area contributed by atoms with Gasteiger partial charge >= 0.3 is 0 Å². The van der Waals surface area contributed by atoms with E-state index in [1.54, 1.807) is 18.2 Å². The lowest BCUT2D eigenvalue weighted by Crippen LogP contribution is -2.53. The molecule has 3 rings (SSSR count). The van der Waals surface area contributed by atoms with Crippen molar-refractivity contribution in [3.63, 3.8) is 0 Å². The number of benzene rings is 1. The van der Waals surface area contributed by atoms with Crippen molar-refractivity contribution in [2.24, 2.45) is 22.7 Å². The van der Waals surface area contributed by atoms with Crippen molar-refractivity contribution in [1.29, 1.82) is 0 Å². The quantitative estimate of drug-likeness (QED) is 0.336. The van der Waals surface area contributed by atoms with E-state index in [4.69, 9.17) is 0 Å². The second-order valence-corrected chi connectivity index (χ2v) is 10.2. The lowest BCUT2D eigenvalue weighted by molar-refractivity contribution is -0.0461. The van der Waals surface area contributed by atoms with Crippen molar-refractivity contribution in [3.05, 3.63) is 42.0 Å². The second kappa shape index (κ2) is 6.74. The lowest BCUT2D eigenvalue weighted by atomic mass is 9.47. The minimum atomic E-state index is 0.169. The zero-order valence-electron chi connectivity index (χ0n) is 16.2. The smallest absolute Gasteiger partial charge is 0.123 e. The van der Waals surface area contributed by atoms with Gasteiger partial charge in [0.1, 0.15) is 11.5 Å². The predicted molar refractivity (Wildman–Crippen MR) is 113 cm³/mol. The van der Waals surface area contributed by atoms with Crippen molar-refractivity contribution < 1.29 is 10.2 Å². The van der Waals surface area contributed by atoms with Gasteiger partial charge in [0.15, 0.2) is 0 Å². The summed E-state index contributed by atoms with van der Waals surface area (Å²) in [6.07, 6.45) is 6.86. The Bertz CT molecular complexity index is 736. The first-order chi connectivity index (χ1) is 12.1. The Morgan fingerprint density at radius 3 is 2.54 bits per heavy atom. The van der Waals surface area contributed by atoms with Crippen LogP contribution in [0.2, 0.25) is 0 Å². The van der Waals surface area contributed by atoms with Gasteiger partial charge < -0.3 is 10.2 Å². The molecule has 26 heavy (non-hydrogen) atoms. The van der Waals surface area contributed by atoms with Gasteiger partial charge in [0.2, 0.25) is 0 Å². The summed E-state index contributed by atoms with van der Waals surface area (Å²) in [5.74, 6) is 1.36. The molecule has 2 N–H and O–H groups in total. The Labute approximate surface area is 166 Å². The van der Waals surface area contributed by atoms with E-state index in [0.717, 1.165) is 31.2 Å². The Morgan fingerprint density at radius 2 is 1.88 bits per heavy atom. The average Bonchev–Trinajstić information content (AvgIpc) is 2.57. The second-order valence-electron chi connectivity index (χ2n) is 9.08. The third kappa shape index (κ3) is 3.02. The molecule has 142 valence electrons. The van der Waals surface area contributed by atoms with Crippen LogP contribution >= 0.6 is 15.9 Å². The molecule has 0 saturated heterocycles. The molecule has 0 heterocycles. The molecule has 0 spiro atoms. The van der Waals surface area contributed by atoms with Crippen LogP contribution in [-0.2, 0) is 6.42 Å². The number of hydrogen-bond acceptors (Lipinski definition) is 2. The van der Waals surface area contributed by atoms with E-state index in [1.165, 1.54) is 12.0 Å².